The van der Waals surface area contributed by atoms with Crippen molar-refractivity contribution >= 4 is 80.0 Å². The Morgan fingerprint density at radius 3 is 1.28 bits per heavy atom. The van der Waals surface area contributed by atoms with Gasteiger partial charge in [-0.2, -0.15) is 0 Å². The number of fused-ring (bicyclic) bond motifs is 10. The van der Waals surface area contributed by atoms with Gasteiger partial charge in [-0.05, 0) is 173 Å². The smallest absolute Gasteiger partial charge is 0.252 e. The molecule has 2 fully saturated rings. The third-order valence-electron chi connectivity index (χ3n) is 20.2. The topological polar surface area (TPSA) is 13.0 Å². The number of hydrogen-bond acceptors (Lipinski definition) is 4. The van der Waals surface area contributed by atoms with Crippen LogP contribution in [0.2, 0.25) is 0 Å². The Kier molecular flexibility index (Phi) is 10.1. The molecule has 0 N–H and O–H groups in total. The summed E-state index contributed by atoms with van der Waals surface area (Å²) < 4.78 is 0. The van der Waals surface area contributed by atoms with Gasteiger partial charge in [-0.15, -0.1) is 0 Å². The molecule has 376 valence electrons. The molecule has 4 aliphatic heterocycles. The zero-order valence-electron chi connectivity index (χ0n) is 46.7. The van der Waals surface area contributed by atoms with Crippen LogP contribution in [0.15, 0.2) is 146 Å². The average Bonchev–Trinajstić information content (AvgIpc) is 3.88. The Morgan fingerprint density at radius 1 is 0.365 bits per heavy atom. The van der Waals surface area contributed by atoms with Crippen LogP contribution in [-0.4, -0.2) is 17.8 Å². The molecular formula is C69H77BN4. The number of nitrogens with zero attached hydrogens (tertiary/aromatic N) is 4. The van der Waals surface area contributed by atoms with Crippen molar-refractivity contribution < 1.29 is 0 Å². The number of para-hydroxylation sites is 2. The van der Waals surface area contributed by atoms with Gasteiger partial charge in [0, 0.05) is 67.7 Å². The van der Waals surface area contributed by atoms with Crippen molar-refractivity contribution in [1.82, 2.24) is 0 Å². The molecule has 4 unspecified atom stereocenters. The van der Waals surface area contributed by atoms with Gasteiger partial charge in [-0.3, -0.25) is 0 Å². The van der Waals surface area contributed by atoms with Gasteiger partial charge < -0.3 is 19.6 Å². The summed E-state index contributed by atoms with van der Waals surface area (Å²) in [6, 6.07) is 58.2. The van der Waals surface area contributed by atoms with E-state index < -0.39 is 0 Å². The van der Waals surface area contributed by atoms with Crippen LogP contribution >= 0.6 is 0 Å². The molecule has 0 spiro atoms. The van der Waals surface area contributed by atoms with E-state index in [0.29, 0.717) is 0 Å². The first kappa shape index (κ1) is 47.5. The van der Waals surface area contributed by atoms with Gasteiger partial charge in [0.25, 0.3) is 6.71 Å². The molecule has 2 aliphatic carbocycles. The van der Waals surface area contributed by atoms with E-state index in [9.17, 15) is 0 Å². The van der Waals surface area contributed by atoms with Crippen molar-refractivity contribution in [3.8, 4) is 0 Å². The maximum absolute atomic E-state index is 2.78. The van der Waals surface area contributed by atoms with Gasteiger partial charge >= 0.3 is 0 Å². The standard InChI is InChI=1S/C69H77BN4/c1-63(2,3)45-25-30-48(31-26-45)71-58-35-29-47(65(7,8)9)41-54(58)70-55-42-50(73-56-23-16-14-21-52(56)66(10)37-18-19-39-68(66,73)12)34-36-59(55)72(49-32-27-46(28-33-49)64(4,5)6)61-44-51(43-60(71)62(61)70)74-57-24-17-15-22-53(57)67(11)38-20-40-69(67,74)13/h14-17,21-36,41-44H,18-20,37-40H2,1-13H3. The summed E-state index contributed by atoms with van der Waals surface area (Å²) in [4.78, 5) is 10.9. The second-order valence-electron chi connectivity index (χ2n) is 27.3. The summed E-state index contributed by atoms with van der Waals surface area (Å²) in [7, 11) is 0. The maximum atomic E-state index is 2.78. The minimum absolute atomic E-state index is 0.0250. The van der Waals surface area contributed by atoms with Crippen molar-refractivity contribution in [2.75, 3.05) is 19.6 Å². The largest absolute Gasteiger partial charge is 0.334 e. The zero-order chi connectivity index (χ0) is 51.7. The molecule has 13 rings (SSSR count). The lowest BCUT2D eigenvalue weighted by molar-refractivity contribution is 0.195. The predicted octanol–water partition coefficient (Wildman–Crippen LogP) is 16.8. The summed E-state index contributed by atoms with van der Waals surface area (Å²) in [6.45, 7) is 31.3. The Balaban J connectivity index is 1.13. The average molecular weight is 973 g/mol. The minimum Gasteiger partial charge on any atom is -0.334 e. The quantitative estimate of drug-likeness (QED) is 0.163. The number of anilines is 10. The lowest BCUT2D eigenvalue weighted by Crippen LogP contribution is -2.62. The first-order chi connectivity index (χ1) is 35.1. The summed E-state index contributed by atoms with van der Waals surface area (Å²) in [5, 5.41) is 0. The molecule has 74 heavy (non-hydrogen) atoms. The van der Waals surface area contributed by atoms with Gasteiger partial charge in [0.15, 0.2) is 0 Å². The summed E-state index contributed by atoms with van der Waals surface area (Å²) in [6.07, 6.45) is 8.44. The van der Waals surface area contributed by atoms with E-state index in [1.165, 1.54) is 140 Å². The fraction of sp³-hybridized carbons (Fsp3) is 0.391. The molecule has 6 aliphatic rings. The van der Waals surface area contributed by atoms with E-state index in [4.69, 9.17) is 0 Å². The Hall–Kier alpha value is -6.20. The molecule has 0 saturated heterocycles. The molecule has 5 heteroatoms. The summed E-state index contributed by atoms with van der Waals surface area (Å²) in [5.74, 6) is 0. The lowest BCUT2D eigenvalue weighted by Gasteiger charge is -2.51. The van der Waals surface area contributed by atoms with E-state index in [0.717, 1.165) is 6.42 Å². The predicted molar refractivity (Wildman–Crippen MR) is 318 cm³/mol. The first-order valence-corrected chi connectivity index (χ1v) is 28.1. The molecule has 0 aromatic heterocycles. The highest BCUT2D eigenvalue weighted by Crippen LogP contribution is 2.64. The monoisotopic (exact) mass is 973 g/mol. The molecule has 0 bridgehead atoms. The van der Waals surface area contributed by atoms with Crippen molar-refractivity contribution in [3.05, 3.63) is 173 Å². The Morgan fingerprint density at radius 2 is 0.770 bits per heavy atom. The molecule has 7 aromatic rings. The second-order valence-corrected chi connectivity index (χ2v) is 27.3. The minimum atomic E-state index is -0.0964. The third-order valence-corrected chi connectivity index (χ3v) is 20.2. The Labute approximate surface area is 443 Å². The maximum Gasteiger partial charge on any atom is 0.252 e. The SMILES string of the molecule is CC(C)(C)c1ccc(N2c3ccc(N4c5ccccc5C5(C)CCCCC45C)cc3B3c4cc(C(C)(C)C)ccc4N(c4ccc(C(C)(C)C)cc4)c4cc(N5c6ccccc6C6(C)CCCC56C)cc2c43)cc1. The van der Waals surface area contributed by atoms with Crippen LogP contribution in [0.4, 0.5) is 56.9 Å². The van der Waals surface area contributed by atoms with E-state index in [1.807, 2.05) is 0 Å². The van der Waals surface area contributed by atoms with Crippen LogP contribution in [0.1, 0.15) is 163 Å². The highest BCUT2D eigenvalue weighted by molar-refractivity contribution is 7.00. The molecule has 2 saturated carbocycles. The summed E-state index contributed by atoms with van der Waals surface area (Å²) >= 11 is 0. The van der Waals surface area contributed by atoms with Crippen LogP contribution in [0.5, 0.6) is 0 Å². The zero-order valence-corrected chi connectivity index (χ0v) is 46.7. The number of rotatable bonds is 4. The van der Waals surface area contributed by atoms with E-state index in [-0.39, 0.29) is 44.9 Å². The Bertz CT molecular complexity index is 3410. The third kappa shape index (κ3) is 6.46. The van der Waals surface area contributed by atoms with Crippen LogP contribution in [-0.2, 0) is 27.1 Å². The molecule has 4 heterocycles. The van der Waals surface area contributed by atoms with E-state index in [1.54, 1.807) is 0 Å². The van der Waals surface area contributed by atoms with Gasteiger partial charge in [0.05, 0.1) is 11.1 Å². The van der Waals surface area contributed by atoms with Crippen molar-refractivity contribution in [1.29, 1.82) is 0 Å². The number of benzene rings is 7. The van der Waals surface area contributed by atoms with Crippen LogP contribution in [0, 0.1) is 0 Å². The fourth-order valence-electron chi connectivity index (χ4n) is 15.5. The van der Waals surface area contributed by atoms with Crippen molar-refractivity contribution in [2.24, 2.45) is 0 Å². The van der Waals surface area contributed by atoms with Gasteiger partial charge in [0.2, 0.25) is 0 Å². The lowest BCUT2D eigenvalue weighted by atomic mass is 9.33. The molecular weight excluding hydrogens is 896 g/mol. The highest BCUT2D eigenvalue weighted by Gasteiger charge is 2.60. The van der Waals surface area contributed by atoms with Gasteiger partial charge in [-0.1, -0.05) is 168 Å². The highest BCUT2D eigenvalue weighted by atomic mass is 15.3. The van der Waals surface area contributed by atoms with Crippen LogP contribution in [0.25, 0.3) is 0 Å². The molecule has 7 aromatic carbocycles. The van der Waals surface area contributed by atoms with Crippen LogP contribution in [0.3, 0.4) is 0 Å². The normalized spacial score (nSPS) is 24.5. The molecule has 4 atom stereocenters. The molecule has 0 amide bonds. The fourth-order valence-corrected chi connectivity index (χ4v) is 15.5. The van der Waals surface area contributed by atoms with E-state index in [2.05, 4.69) is 255 Å². The van der Waals surface area contributed by atoms with Crippen molar-refractivity contribution in [3.63, 3.8) is 0 Å². The second kappa shape index (κ2) is 15.7. The van der Waals surface area contributed by atoms with Crippen molar-refractivity contribution in [2.45, 2.75) is 173 Å². The summed E-state index contributed by atoms with van der Waals surface area (Å²) in [5.41, 5.74) is 23.8. The molecule has 0 radical (unpaired) electrons. The van der Waals surface area contributed by atoms with Gasteiger partial charge in [0.1, 0.15) is 0 Å². The van der Waals surface area contributed by atoms with E-state index >= 15 is 0 Å². The van der Waals surface area contributed by atoms with Crippen LogP contribution < -0.4 is 36.0 Å². The number of hydrogen-bond donors (Lipinski definition) is 0. The van der Waals surface area contributed by atoms with Gasteiger partial charge in [-0.25, -0.2) is 0 Å². The molecule has 4 nitrogen and oxygen atoms in total. The first-order valence-electron chi connectivity index (χ1n) is 28.1.